The number of benzene rings is 1. The Morgan fingerprint density at radius 1 is 1.03 bits per heavy atom. The number of rotatable bonds is 9. The number of carbonyl (C=O) groups is 4. The number of aromatic amines is 1. The maximum absolute atomic E-state index is 12.5. The second-order valence-corrected chi connectivity index (χ2v) is 7.62. The summed E-state index contributed by atoms with van der Waals surface area (Å²) in [5.74, 6) is -1.94. The van der Waals surface area contributed by atoms with Crippen LogP contribution in [0, 0.1) is 19.8 Å². The number of esters is 2. The van der Waals surface area contributed by atoms with Crippen molar-refractivity contribution in [1.82, 2.24) is 10.3 Å². The molecule has 2 aromatic rings. The minimum atomic E-state index is -0.745. The summed E-state index contributed by atoms with van der Waals surface area (Å²) in [5, 5.41) is 5.40. The summed E-state index contributed by atoms with van der Waals surface area (Å²) in [5.41, 5.74) is 1.79. The summed E-state index contributed by atoms with van der Waals surface area (Å²) in [4.78, 5) is 52.1. The van der Waals surface area contributed by atoms with Crippen LogP contribution in [-0.4, -0.2) is 48.5 Å². The maximum Gasteiger partial charge on any atom is 0.355 e. The summed E-state index contributed by atoms with van der Waals surface area (Å²) in [7, 11) is 0. The lowest BCUT2D eigenvalue weighted by molar-refractivity contribution is -0.119. The third-order valence-electron chi connectivity index (χ3n) is 4.57. The van der Waals surface area contributed by atoms with Gasteiger partial charge in [0.1, 0.15) is 5.69 Å². The number of aryl methyl sites for hydroxylation is 1. The molecule has 1 heterocycles. The molecule has 2 amide bonds. The molecule has 32 heavy (non-hydrogen) atoms. The average Bonchev–Trinajstić information content (AvgIpc) is 3.05. The van der Waals surface area contributed by atoms with Crippen molar-refractivity contribution in [2.24, 2.45) is 5.92 Å². The van der Waals surface area contributed by atoms with Crippen molar-refractivity contribution in [3.8, 4) is 0 Å². The first-order valence-corrected chi connectivity index (χ1v) is 10.4. The van der Waals surface area contributed by atoms with Gasteiger partial charge in [0.2, 0.25) is 0 Å². The second-order valence-electron chi connectivity index (χ2n) is 7.62. The molecule has 0 unspecified atom stereocenters. The summed E-state index contributed by atoms with van der Waals surface area (Å²) >= 11 is 0. The first kappa shape index (κ1) is 24.6. The highest BCUT2D eigenvalue weighted by atomic mass is 16.5. The average molecular weight is 444 g/mol. The largest absolute Gasteiger partial charge is 0.461 e. The zero-order chi connectivity index (χ0) is 23.8. The molecule has 2 rings (SSSR count). The predicted octanol–water partition coefficient (Wildman–Crippen LogP) is 2.99. The van der Waals surface area contributed by atoms with Crippen molar-refractivity contribution in [2.45, 2.75) is 34.6 Å². The Bertz CT molecular complexity index is 1010. The van der Waals surface area contributed by atoms with Crippen molar-refractivity contribution in [1.29, 1.82) is 0 Å². The minimum Gasteiger partial charge on any atom is -0.461 e. The molecule has 0 spiro atoms. The number of nitrogens with one attached hydrogen (secondary N) is 3. The van der Waals surface area contributed by atoms with E-state index in [2.05, 4.69) is 15.6 Å². The molecule has 0 aliphatic rings. The van der Waals surface area contributed by atoms with Gasteiger partial charge in [-0.05, 0) is 44.4 Å². The van der Waals surface area contributed by atoms with Crippen molar-refractivity contribution in [3.05, 3.63) is 52.3 Å². The first-order valence-electron chi connectivity index (χ1n) is 10.4. The molecule has 0 radical (unpaired) electrons. The van der Waals surface area contributed by atoms with Gasteiger partial charge in [-0.1, -0.05) is 26.0 Å². The second kappa shape index (κ2) is 11.1. The SMILES string of the molecule is CCOC(=O)c1[nH]c(C)c(C(=O)OCC(=O)Nc2ccccc2C(=O)NCC(C)C)c1C. The highest BCUT2D eigenvalue weighted by Gasteiger charge is 2.24. The van der Waals surface area contributed by atoms with Crippen LogP contribution in [0.2, 0.25) is 0 Å². The number of anilines is 1. The normalized spacial score (nSPS) is 10.6. The number of hydrogen-bond donors (Lipinski definition) is 3. The number of hydrogen-bond acceptors (Lipinski definition) is 6. The fourth-order valence-electron chi connectivity index (χ4n) is 3.04. The number of ether oxygens (including phenoxy) is 2. The molecule has 9 nitrogen and oxygen atoms in total. The van der Waals surface area contributed by atoms with E-state index in [1.54, 1.807) is 45.0 Å². The fraction of sp³-hybridized carbons (Fsp3) is 0.391. The Balaban J connectivity index is 2.03. The molecule has 1 aromatic heterocycles. The van der Waals surface area contributed by atoms with E-state index in [9.17, 15) is 19.2 Å². The number of amides is 2. The van der Waals surface area contributed by atoms with E-state index in [0.29, 0.717) is 29.1 Å². The quantitative estimate of drug-likeness (QED) is 0.512. The van der Waals surface area contributed by atoms with E-state index >= 15 is 0 Å². The van der Waals surface area contributed by atoms with Crippen LogP contribution in [0.15, 0.2) is 24.3 Å². The number of para-hydroxylation sites is 1. The summed E-state index contributed by atoms with van der Waals surface area (Å²) in [6.45, 7) is 9.01. The lowest BCUT2D eigenvalue weighted by atomic mass is 10.1. The molecule has 0 aliphatic heterocycles. The van der Waals surface area contributed by atoms with Crippen LogP contribution in [0.5, 0.6) is 0 Å². The van der Waals surface area contributed by atoms with Crippen molar-refractivity contribution in [2.75, 3.05) is 25.1 Å². The van der Waals surface area contributed by atoms with Gasteiger partial charge in [-0.3, -0.25) is 9.59 Å². The molecule has 0 atom stereocenters. The topological polar surface area (TPSA) is 127 Å². The monoisotopic (exact) mass is 443 g/mol. The molecule has 0 fully saturated rings. The van der Waals surface area contributed by atoms with Crippen LogP contribution in [-0.2, 0) is 14.3 Å². The van der Waals surface area contributed by atoms with E-state index in [0.717, 1.165) is 0 Å². The Hall–Kier alpha value is -3.62. The van der Waals surface area contributed by atoms with Gasteiger partial charge >= 0.3 is 11.9 Å². The molecule has 3 N–H and O–H groups in total. The molecule has 0 saturated heterocycles. The lowest BCUT2D eigenvalue weighted by Crippen LogP contribution is -2.29. The number of carbonyl (C=O) groups excluding carboxylic acids is 4. The van der Waals surface area contributed by atoms with Crippen LogP contribution in [0.1, 0.15) is 63.2 Å². The van der Waals surface area contributed by atoms with E-state index in [4.69, 9.17) is 9.47 Å². The lowest BCUT2D eigenvalue weighted by Gasteiger charge is -2.12. The van der Waals surface area contributed by atoms with Gasteiger partial charge in [0, 0.05) is 12.2 Å². The van der Waals surface area contributed by atoms with E-state index < -0.39 is 24.5 Å². The van der Waals surface area contributed by atoms with Gasteiger partial charge in [-0.25, -0.2) is 9.59 Å². The molecular weight excluding hydrogens is 414 g/mol. The van der Waals surface area contributed by atoms with Crippen LogP contribution in [0.3, 0.4) is 0 Å². The molecule has 172 valence electrons. The summed E-state index contributed by atoms with van der Waals surface area (Å²) < 4.78 is 10.1. The maximum atomic E-state index is 12.5. The molecular formula is C23H29N3O6. The smallest absolute Gasteiger partial charge is 0.355 e. The number of aromatic nitrogens is 1. The molecule has 9 heteroatoms. The van der Waals surface area contributed by atoms with Gasteiger partial charge in [0.05, 0.1) is 23.4 Å². The van der Waals surface area contributed by atoms with Gasteiger partial charge in [-0.15, -0.1) is 0 Å². The third kappa shape index (κ3) is 6.19. The third-order valence-corrected chi connectivity index (χ3v) is 4.57. The highest BCUT2D eigenvalue weighted by Crippen LogP contribution is 2.20. The van der Waals surface area contributed by atoms with Gasteiger partial charge in [0.25, 0.3) is 11.8 Å². The predicted molar refractivity (Wildman–Crippen MR) is 119 cm³/mol. The van der Waals surface area contributed by atoms with Gasteiger partial charge < -0.3 is 25.1 Å². The summed E-state index contributed by atoms with van der Waals surface area (Å²) in [6.07, 6.45) is 0. The first-order chi connectivity index (χ1) is 15.1. The van der Waals surface area contributed by atoms with E-state index in [1.807, 2.05) is 13.8 Å². The van der Waals surface area contributed by atoms with Crippen LogP contribution in [0.25, 0.3) is 0 Å². The van der Waals surface area contributed by atoms with Gasteiger partial charge in [0.15, 0.2) is 6.61 Å². The zero-order valence-electron chi connectivity index (χ0n) is 19.0. The van der Waals surface area contributed by atoms with Crippen molar-refractivity contribution >= 4 is 29.4 Å². The van der Waals surface area contributed by atoms with Crippen LogP contribution < -0.4 is 10.6 Å². The number of H-pyrrole nitrogens is 1. The zero-order valence-corrected chi connectivity index (χ0v) is 19.0. The Morgan fingerprint density at radius 3 is 2.38 bits per heavy atom. The molecule has 0 saturated carbocycles. The van der Waals surface area contributed by atoms with Crippen molar-refractivity contribution < 1.29 is 28.7 Å². The van der Waals surface area contributed by atoms with Crippen LogP contribution >= 0.6 is 0 Å². The van der Waals surface area contributed by atoms with Crippen molar-refractivity contribution in [3.63, 3.8) is 0 Å². The van der Waals surface area contributed by atoms with E-state index in [1.165, 1.54) is 0 Å². The highest BCUT2D eigenvalue weighted by molar-refractivity contribution is 6.04. The Kier molecular flexibility index (Phi) is 8.57. The Morgan fingerprint density at radius 2 is 1.72 bits per heavy atom. The molecule has 0 bridgehead atoms. The molecule has 1 aromatic carbocycles. The Labute approximate surface area is 186 Å². The standard InChI is InChI=1S/C23H29N3O6/c1-6-31-23(30)20-14(4)19(15(5)25-20)22(29)32-12-18(27)26-17-10-8-7-9-16(17)21(28)24-11-13(2)3/h7-10,13,25H,6,11-12H2,1-5H3,(H,24,28)(H,26,27). The fourth-order valence-corrected chi connectivity index (χ4v) is 3.04. The summed E-state index contributed by atoms with van der Waals surface area (Å²) in [6, 6.07) is 6.57. The van der Waals surface area contributed by atoms with Gasteiger partial charge in [-0.2, -0.15) is 0 Å². The van der Waals surface area contributed by atoms with Crippen LogP contribution in [0.4, 0.5) is 5.69 Å². The minimum absolute atomic E-state index is 0.169. The van der Waals surface area contributed by atoms with E-state index in [-0.39, 0.29) is 29.7 Å². The molecule has 0 aliphatic carbocycles.